The van der Waals surface area contributed by atoms with Crippen molar-refractivity contribution in [3.8, 4) is 0 Å². The highest BCUT2D eigenvalue weighted by Crippen LogP contribution is 2.15. The van der Waals surface area contributed by atoms with Crippen molar-refractivity contribution in [2.45, 2.75) is 6.92 Å². The molecular weight excluding hydrogens is 419 g/mol. The Bertz CT molecular complexity index is 1170. The highest BCUT2D eigenvalue weighted by molar-refractivity contribution is 6.06. The van der Waals surface area contributed by atoms with Crippen molar-refractivity contribution >= 4 is 29.3 Å². The summed E-state index contributed by atoms with van der Waals surface area (Å²) in [5.41, 5.74) is 5.82. The van der Waals surface area contributed by atoms with Gasteiger partial charge in [-0.1, -0.05) is 42.5 Å². The highest BCUT2D eigenvalue weighted by Gasteiger charge is 2.15. The van der Waals surface area contributed by atoms with Gasteiger partial charge in [-0.25, -0.2) is 9.82 Å². The maximum atomic E-state index is 13.1. The lowest BCUT2D eigenvalue weighted by atomic mass is 10.1. The molecule has 2 N–H and O–H groups in total. The van der Waals surface area contributed by atoms with E-state index in [1.165, 1.54) is 12.1 Å². The Hall–Kier alpha value is -4.26. The van der Waals surface area contributed by atoms with E-state index in [1.54, 1.807) is 55.5 Å². The number of rotatable bonds is 7. The number of hydrogen-bond donors (Lipinski definition) is 2. The molecule has 0 aliphatic carbocycles. The van der Waals surface area contributed by atoms with E-state index >= 15 is 0 Å². The number of nitrogens with one attached hydrogen (secondary N) is 2. The smallest absolute Gasteiger partial charge is 0.287 e. The molecule has 2 amide bonds. The van der Waals surface area contributed by atoms with Crippen LogP contribution in [0.5, 0.6) is 0 Å². The molecule has 3 aromatic rings. The zero-order valence-electron chi connectivity index (χ0n) is 18.7. The van der Waals surface area contributed by atoms with Gasteiger partial charge in [-0.15, -0.1) is 0 Å². The number of halogens is 1. The van der Waals surface area contributed by atoms with Crippen LogP contribution in [0.2, 0.25) is 0 Å². The second kappa shape index (κ2) is 10.9. The zero-order valence-corrected chi connectivity index (χ0v) is 18.7. The van der Waals surface area contributed by atoms with E-state index in [2.05, 4.69) is 15.8 Å². The molecule has 0 heterocycles. The average Bonchev–Trinajstić information content (AvgIpc) is 2.83. The molecule has 0 aliphatic rings. The molecule has 0 spiro atoms. The molecule has 0 saturated carbocycles. The lowest BCUT2D eigenvalue weighted by Crippen LogP contribution is -2.33. The van der Waals surface area contributed by atoms with E-state index in [0.717, 1.165) is 11.3 Å². The van der Waals surface area contributed by atoms with Crippen LogP contribution in [-0.2, 0) is 4.79 Å². The molecule has 3 aromatic carbocycles. The van der Waals surface area contributed by atoms with E-state index in [-0.39, 0.29) is 11.5 Å². The molecule has 0 unspecified atom stereocenters. The fraction of sp³-hybridized carbons (Fsp3) is 0.115. The Labute approximate surface area is 192 Å². The van der Waals surface area contributed by atoms with Crippen LogP contribution in [0.25, 0.3) is 6.08 Å². The van der Waals surface area contributed by atoms with Crippen molar-refractivity contribution in [3.05, 3.63) is 107 Å². The van der Waals surface area contributed by atoms with Crippen LogP contribution in [0.15, 0.2) is 89.7 Å². The molecule has 7 heteroatoms. The van der Waals surface area contributed by atoms with Crippen LogP contribution in [0.1, 0.15) is 28.4 Å². The number of benzene rings is 3. The van der Waals surface area contributed by atoms with Gasteiger partial charge in [0.15, 0.2) is 0 Å². The molecule has 33 heavy (non-hydrogen) atoms. The summed E-state index contributed by atoms with van der Waals surface area (Å²) in [6.07, 6.45) is 1.58. The first-order chi connectivity index (χ1) is 15.8. The van der Waals surface area contributed by atoms with E-state index in [0.29, 0.717) is 16.8 Å². The molecule has 6 nitrogen and oxygen atoms in total. The van der Waals surface area contributed by atoms with Crippen molar-refractivity contribution in [1.29, 1.82) is 0 Å². The predicted molar refractivity (Wildman–Crippen MR) is 129 cm³/mol. The van der Waals surface area contributed by atoms with Gasteiger partial charge < -0.3 is 10.2 Å². The fourth-order valence-corrected chi connectivity index (χ4v) is 2.93. The molecule has 0 aliphatic heterocycles. The molecule has 0 radical (unpaired) electrons. The lowest BCUT2D eigenvalue weighted by molar-refractivity contribution is -0.117. The third-order valence-electron chi connectivity index (χ3n) is 4.84. The minimum atomic E-state index is -0.586. The summed E-state index contributed by atoms with van der Waals surface area (Å²) in [7, 11) is 3.87. The van der Waals surface area contributed by atoms with Crippen LogP contribution in [0.3, 0.4) is 0 Å². The van der Waals surface area contributed by atoms with Crippen molar-refractivity contribution in [1.82, 2.24) is 10.7 Å². The Morgan fingerprint density at radius 2 is 1.52 bits per heavy atom. The van der Waals surface area contributed by atoms with Crippen molar-refractivity contribution in [2.75, 3.05) is 19.0 Å². The van der Waals surface area contributed by atoms with Gasteiger partial charge in [-0.2, -0.15) is 5.10 Å². The molecule has 0 fully saturated rings. The van der Waals surface area contributed by atoms with E-state index in [9.17, 15) is 14.0 Å². The Kier molecular flexibility index (Phi) is 7.70. The summed E-state index contributed by atoms with van der Waals surface area (Å²) in [6.45, 7) is 1.69. The fourth-order valence-electron chi connectivity index (χ4n) is 2.93. The first kappa shape index (κ1) is 23.4. The van der Waals surface area contributed by atoms with Gasteiger partial charge in [-0.3, -0.25) is 9.59 Å². The summed E-state index contributed by atoms with van der Waals surface area (Å²) in [6, 6.07) is 21.9. The minimum Gasteiger partial charge on any atom is -0.378 e. The summed E-state index contributed by atoms with van der Waals surface area (Å²) in [5, 5.41) is 6.77. The number of anilines is 1. The highest BCUT2D eigenvalue weighted by atomic mass is 19.1. The van der Waals surface area contributed by atoms with Crippen LogP contribution >= 0.6 is 0 Å². The van der Waals surface area contributed by atoms with E-state index in [4.69, 9.17) is 0 Å². The first-order valence-corrected chi connectivity index (χ1v) is 10.3. The number of amides is 2. The van der Waals surface area contributed by atoms with Gasteiger partial charge in [0, 0.05) is 25.3 Å². The molecule has 168 valence electrons. The van der Waals surface area contributed by atoms with Gasteiger partial charge in [0.1, 0.15) is 11.5 Å². The molecule has 0 bridgehead atoms. The van der Waals surface area contributed by atoms with Gasteiger partial charge in [0.25, 0.3) is 11.8 Å². The number of hydrazone groups is 1. The maximum absolute atomic E-state index is 13.1. The normalized spacial score (nSPS) is 11.6. The van der Waals surface area contributed by atoms with Crippen LogP contribution in [0.4, 0.5) is 10.1 Å². The summed E-state index contributed by atoms with van der Waals surface area (Å²) >= 11 is 0. The summed E-state index contributed by atoms with van der Waals surface area (Å²) in [4.78, 5) is 27.5. The largest absolute Gasteiger partial charge is 0.378 e. The Balaban J connectivity index is 1.84. The van der Waals surface area contributed by atoms with Gasteiger partial charge in [0.05, 0.1) is 5.71 Å². The van der Waals surface area contributed by atoms with Gasteiger partial charge in [-0.05, 0) is 60.5 Å². The third kappa shape index (κ3) is 6.61. The van der Waals surface area contributed by atoms with Crippen LogP contribution in [0, 0.1) is 5.82 Å². The molecular formula is C26H25FN4O2. The SMILES string of the molecule is C/C(=N/NC(=O)/C(=C/c1ccc(N(C)C)cc1)NC(=O)c1ccccc1)c1ccc(F)cc1. The van der Waals surface area contributed by atoms with Crippen molar-refractivity contribution in [3.63, 3.8) is 0 Å². The number of carbonyl (C=O) groups is 2. The summed E-state index contributed by atoms with van der Waals surface area (Å²) in [5.74, 6) is -1.36. The quantitative estimate of drug-likeness (QED) is 0.326. The van der Waals surface area contributed by atoms with E-state index in [1.807, 2.05) is 43.3 Å². The zero-order chi connectivity index (χ0) is 23.8. The predicted octanol–water partition coefficient (Wildman–Crippen LogP) is 4.20. The Morgan fingerprint density at radius 1 is 0.879 bits per heavy atom. The van der Waals surface area contributed by atoms with Crippen LogP contribution < -0.4 is 15.6 Å². The molecule has 0 atom stereocenters. The average molecular weight is 445 g/mol. The van der Waals surface area contributed by atoms with Gasteiger partial charge in [0.2, 0.25) is 0 Å². The van der Waals surface area contributed by atoms with Crippen LogP contribution in [-0.4, -0.2) is 31.6 Å². The molecule has 0 saturated heterocycles. The van der Waals surface area contributed by atoms with Gasteiger partial charge >= 0.3 is 0 Å². The first-order valence-electron chi connectivity index (χ1n) is 10.3. The standard InChI is InChI=1S/C26H25FN4O2/c1-18(20-11-13-22(27)14-12-20)29-30-26(33)24(28-25(32)21-7-5-4-6-8-21)17-19-9-15-23(16-10-19)31(2)3/h4-17H,1-3H3,(H,28,32)(H,30,33)/b24-17-,29-18-. The third-order valence-corrected chi connectivity index (χ3v) is 4.84. The summed E-state index contributed by atoms with van der Waals surface area (Å²) < 4.78 is 13.1. The second-order valence-corrected chi connectivity index (χ2v) is 7.51. The monoisotopic (exact) mass is 444 g/mol. The molecule has 0 aromatic heterocycles. The molecule has 3 rings (SSSR count). The number of hydrogen-bond acceptors (Lipinski definition) is 4. The number of carbonyl (C=O) groups excluding carboxylic acids is 2. The number of nitrogens with zero attached hydrogens (tertiary/aromatic N) is 2. The van der Waals surface area contributed by atoms with E-state index < -0.39 is 11.8 Å². The lowest BCUT2D eigenvalue weighted by Gasteiger charge is -2.13. The van der Waals surface area contributed by atoms with Crippen molar-refractivity contribution < 1.29 is 14.0 Å². The minimum absolute atomic E-state index is 0.0390. The topological polar surface area (TPSA) is 73.8 Å². The van der Waals surface area contributed by atoms with Crippen molar-refractivity contribution in [2.24, 2.45) is 5.10 Å². The maximum Gasteiger partial charge on any atom is 0.287 e. The second-order valence-electron chi connectivity index (χ2n) is 7.51. The Morgan fingerprint density at radius 3 is 2.12 bits per heavy atom.